The maximum Gasteiger partial charge on any atom is 0.534 e. The van der Waals surface area contributed by atoms with Gasteiger partial charge in [-0.2, -0.15) is 21.6 Å². The van der Waals surface area contributed by atoms with Crippen molar-refractivity contribution < 1.29 is 35.3 Å². The van der Waals surface area contributed by atoms with Gasteiger partial charge >= 0.3 is 21.7 Å². The van der Waals surface area contributed by atoms with Crippen molar-refractivity contribution in [2.45, 2.75) is 58.2 Å². The lowest BCUT2D eigenvalue weighted by Crippen LogP contribution is -2.46. The van der Waals surface area contributed by atoms with Gasteiger partial charge < -0.3 is 13.8 Å². The number of halogens is 3. The highest BCUT2D eigenvalue weighted by Gasteiger charge is 2.48. The van der Waals surface area contributed by atoms with E-state index < -0.39 is 39.1 Å². The molecule has 1 aromatic rings. The van der Waals surface area contributed by atoms with Crippen molar-refractivity contribution in [3.8, 4) is 5.75 Å². The lowest BCUT2D eigenvalue weighted by atomic mass is 9.79. The molecule has 3 atom stereocenters. The minimum atomic E-state index is -5.78. The van der Waals surface area contributed by atoms with Gasteiger partial charge in [-0.15, -0.1) is 0 Å². The van der Waals surface area contributed by atoms with Gasteiger partial charge in [-0.3, -0.25) is 0 Å². The molecule has 0 bridgehead atoms. The third-order valence-electron chi connectivity index (χ3n) is 4.87. The number of hydrogen-bond donors (Lipinski definition) is 0. The SMILES string of the molecule is C[C@@H]1CCN(C(=O)OC(C)(C)C)C(c2cccc(OS(=O)(=O)C(F)(F)F)c2)[C@@H]1C. The maximum absolute atomic E-state index is 12.7. The van der Waals surface area contributed by atoms with Crippen LogP contribution in [0.25, 0.3) is 0 Å². The molecule has 0 aliphatic carbocycles. The molecule has 1 unspecified atom stereocenters. The Labute approximate surface area is 169 Å². The van der Waals surface area contributed by atoms with Crippen LogP contribution in [-0.4, -0.2) is 37.1 Å². The Morgan fingerprint density at radius 2 is 1.79 bits per heavy atom. The largest absolute Gasteiger partial charge is 0.534 e. The molecule has 2 rings (SSSR count). The standard InChI is InChI=1S/C19H26F3NO5S/c1-12-9-10-23(17(24)27-18(3,4)5)16(13(12)2)14-7-6-8-15(11-14)28-29(25,26)19(20,21)22/h6-8,11-13,16H,9-10H2,1-5H3/t12-,13-,16?/m1/s1. The zero-order valence-electron chi connectivity index (χ0n) is 17.0. The summed E-state index contributed by atoms with van der Waals surface area (Å²) in [6.07, 6.45) is 0.214. The fraction of sp³-hybridized carbons (Fsp3) is 0.632. The monoisotopic (exact) mass is 437 g/mol. The van der Waals surface area contributed by atoms with Gasteiger partial charge in [0.05, 0.1) is 6.04 Å². The van der Waals surface area contributed by atoms with E-state index in [1.165, 1.54) is 17.0 Å². The lowest BCUT2D eigenvalue weighted by molar-refractivity contribution is -0.0500. The Balaban J connectivity index is 2.39. The summed E-state index contributed by atoms with van der Waals surface area (Å²) in [7, 11) is -5.78. The molecule has 164 valence electrons. The topological polar surface area (TPSA) is 72.9 Å². The van der Waals surface area contributed by atoms with Crippen LogP contribution in [0.3, 0.4) is 0 Å². The van der Waals surface area contributed by atoms with Crippen molar-refractivity contribution in [1.29, 1.82) is 0 Å². The second kappa shape index (κ2) is 8.04. The van der Waals surface area contributed by atoms with Crippen molar-refractivity contribution in [2.24, 2.45) is 11.8 Å². The number of carbonyl (C=O) groups excluding carboxylic acids is 1. The van der Waals surface area contributed by atoms with Crippen LogP contribution in [0.4, 0.5) is 18.0 Å². The molecule has 1 heterocycles. The van der Waals surface area contributed by atoms with Crippen LogP contribution in [0, 0.1) is 11.8 Å². The maximum atomic E-state index is 12.7. The van der Waals surface area contributed by atoms with Crippen molar-refractivity contribution in [2.75, 3.05) is 6.54 Å². The van der Waals surface area contributed by atoms with Gasteiger partial charge in [-0.25, -0.2) is 4.79 Å². The quantitative estimate of drug-likeness (QED) is 0.498. The predicted molar refractivity (Wildman–Crippen MR) is 101 cm³/mol. The first kappa shape index (κ1) is 23.3. The van der Waals surface area contributed by atoms with Gasteiger partial charge in [0, 0.05) is 6.54 Å². The number of rotatable bonds is 3. The number of carbonyl (C=O) groups is 1. The van der Waals surface area contributed by atoms with Crippen molar-refractivity contribution in [1.82, 2.24) is 4.90 Å². The van der Waals surface area contributed by atoms with Gasteiger partial charge in [-0.1, -0.05) is 26.0 Å². The Morgan fingerprint density at radius 3 is 2.34 bits per heavy atom. The molecule has 1 amide bonds. The Bertz CT molecular complexity index is 848. The predicted octanol–water partition coefficient (Wildman–Crippen LogP) is 4.87. The van der Waals surface area contributed by atoms with Crippen LogP contribution < -0.4 is 4.18 Å². The summed E-state index contributed by atoms with van der Waals surface area (Å²) in [4.78, 5) is 14.3. The van der Waals surface area contributed by atoms with Crippen LogP contribution in [0.5, 0.6) is 5.75 Å². The smallest absolute Gasteiger partial charge is 0.444 e. The number of ether oxygens (including phenoxy) is 1. The van der Waals surface area contributed by atoms with E-state index in [4.69, 9.17) is 4.74 Å². The molecule has 0 saturated carbocycles. The van der Waals surface area contributed by atoms with E-state index in [0.29, 0.717) is 12.1 Å². The molecule has 0 aromatic heterocycles. The number of piperidine rings is 1. The summed E-state index contributed by atoms with van der Waals surface area (Å²) < 4.78 is 70.3. The zero-order valence-corrected chi connectivity index (χ0v) is 17.8. The van der Waals surface area contributed by atoms with E-state index in [1.807, 2.05) is 13.8 Å². The van der Waals surface area contributed by atoms with Crippen LogP contribution in [-0.2, 0) is 14.9 Å². The van der Waals surface area contributed by atoms with Gasteiger partial charge in [0.1, 0.15) is 11.4 Å². The first-order valence-electron chi connectivity index (χ1n) is 9.23. The van der Waals surface area contributed by atoms with E-state index in [-0.39, 0.29) is 11.8 Å². The van der Waals surface area contributed by atoms with Crippen molar-refractivity contribution in [3.05, 3.63) is 29.8 Å². The summed E-state index contributed by atoms with van der Waals surface area (Å²) in [5, 5.41) is 0. The minimum Gasteiger partial charge on any atom is -0.444 e. The Morgan fingerprint density at radius 1 is 1.17 bits per heavy atom. The molecule has 1 fully saturated rings. The van der Waals surface area contributed by atoms with Crippen LogP contribution in [0.2, 0.25) is 0 Å². The highest BCUT2D eigenvalue weighted by Crippen LogP contribution is 2.41. The van der Waals surface area contributed by atoms with Gasteiger partial charge in [0.2, 0.25) is 0 Å². The summed E-state index contributed by atoms with van der Waals surface area (Å²) in [6, 6.07) is 4.88. The molecular formula is C19H26F3NO5S. The number of amides is 1. The van der Waals surface area contributed by atoms with E-state index in [0.717, 1.165) is 12.5 Å². The third-order valence-corrected chi connectivity index (χ3v) is 5.85. The molecule has 1 saturated heterocycles. The normalized spacial score (nSPS) is 23.6. The van der Waals surface area contributed by atoms with E-state index in [1.54, 1.807) is 26.8 Å². The fourth-order valence-corrected chi connectivity index (χ4v) is 3.72. The molecule has 1 aromatic carbocycles. The second-order valence-corrected chi connectivity index (χ2v) is 9.84. The van der Waals surface area contributed by atoms with Crippen LogP contribution >= 0.6 is 0 Å². The molecule has 0 N–H and O–H groups in total. The minimum absolute atomic E-state index is 0.0364. The lowest BCUT2D eigenvalue weighted by Gasteiger charge is -2.43. The molecule has 1 aliphatic heterocycles. The Hall–Kier alpha value is -1.97. The van der Waals surface area contributed by atoms with Crippen molar-refractivity contribution in [3.63, 3.8) is 0 Å². The summed E-state index contributed by atoms with van der Waals surface area (Å²) in [6.45, 7) is 9.60. The number of alkyl halides is 3. The molecule has 10 heteroatoms. The third kappa shape index (κ3) is 5.55. The van der Waals surface area contributed by atoms with Crippen LogP contribution in [0.15, 0.2) is 24.3 Å². The van der Waals surface area contributed by atoms with E-state index >= 15 is 0 Å². The molecule has 1 aliphatic rings. The summed E-state index contributed by atoms with van der Waals surface area (Å²) in [5.41, 5.74) is -5.76. The highest BCUT2D eigenvalue weighted by atomic mass is 32.2. The first-order chi connectivity index (χ1) is 13.1. The molecular weight excluding hydrogens is 411 g/mol. The first-order valence-corrected chi connectivity index (χ1v) is 10.6. The average Bonchev–Trinajstić information content (AvgIpc) is 2.54. The summed E-state index contributed by atoms with van der Waals surface area (Å²) in [5.74, 6) is -0.262. The van der Waals surface area contributed by atoms with E-state index in [9.17, 15) is 26.4 Å². The van der Waals surface area contributed by atoms with Gasteiger partial charge in [0.15, 0.2) is 0 Å². The van der Waals surface area contributed by atoms with E-state index in [2.05, 4.69) is 4.18 Å². The Kier molecular flexibility index (Phi) is 6.46. The average molecular weight is 437 g/mol. The molecule has 0 radical (unpaired) electrons. The summed E-state index contributed by atoms with van der Waals surface area (Å²) >= 11 is 0. The van der Waals surface area contributed by atoms with Gasteiger partial charge in [0.25, 0.3) is 0 Å². The zero-order chi connectivity index (χ0) is 22.2. The second-order valence-electron chi connectivity index (χ2n) is 8.30. The number of benzene rings is 1. The number of likely N-dealkylation sites (tertiary alicyclic amines) is 1. The number of hydrogen-bond acceptors (Lipinski definition) is 5. The fourth-order valence-electron chi connectivity index (χ4n) is 3.27. The molecule has 29 heavy (non-hydrogen) atoms. The number of nitrogens with zero attached hydrogens (tertiary/aromatic N) is 1. The molecule has 6 nitrogen and oxygen atoms in total. The highest BCUT2D eigenvalue weighted by molar-refractivity contribution is 7.88. The van der Waals surface area contributed by atoms with Crippen molar-refractivity contribution >= 4 is 16.2 Å². The van der Waals surface area contributed by atoms with Crippen LogP contribution in [0.1, 0.15) is 52.6 Å². The van der Waals surface area contributed by atoms with Gasteiger partial charge in [-0.05, 0) is 56.7 Å². The molecule has 0 spiro atoms.